The fourth-order valence-corrected chi connectivity index (χ4v) is 2.01. The highest BCUT2D eigenvalue weighted by atomic mass is 16.5. The normalized spacial score (nSPS) is 10.7. The maximum absolute atomic E-state index is 12.2. The molecule has 1 aromatic carbocycles. The molecule has 0 fully saturated rings. The molecule has 0 aliphatic carbocycles. The highest BCUT2D eigenvalue weighted by Gasteiger charge is 2.11. The number of nitrogen functional groups attached to an aromatic ring is 1. The molecule has 1 aromatic heterocycles. The SMILES string of the molecule is CCOCCCNC(=O)c1cnc(N)c2ccccc12. The van der Waals surface area contributed by atoms with E-state index >= 15 is 0 Å². The van der Waals surface area contributed by atoms with E-state index in [0.717, 1.165) is 17.2 Å². The first-order valence-corrected chi connectivity index (χ1v) is 6.73. The summed E-state index contributed by atoms with van der Waals surface area (Å²) in [6.45, 7) is 3.88. The Hall–Kier alpha value is -2.14. The molecular weight excluding hydrogens is 254 g/mol. The molecule has 106 valence electrons. The molecule has 1 heterocycles. The van der Waals surface area contributed by atoms with E-state index in [9.17, 15) is 4.79 Å². The summed E-state index contributed by atoms with van der Waals surface area (Å²) in [5, 5.41) is 4.49. The lowest BCUT2D eigenvalue weighted by molar-refractivity contribution is 0.0945. The minimum absolute atomic E-state index is 0.134. The van der Waals surface area contributed by atoms with E-state index in [1.54, 1.807) is 0 Å². The minimum Gasteiger partial charge on any atom is -0.383 e. The number of amides is 1. The number of pyridine rings is 1. The van der Waals surface area contributed by atoms with E-state index in [4.69, 9.17) is 10.5 Å². The van der Waals surface area contributed by atoms with Crippen LogP contribution in [0.2, 0.25) is 0 Å². The standard InChI is InChI=1S/C15H19N3O2/c1-2-20-9-5-8-17-15(19)13-10-18-14(16)12-7-4-3-6-11(12)13/h3-4,6-7,10H,2,5,8-9H2,1H3,(H2,16,18)(H,17,19). The molecule has 3 N–H and O–H groups in total. The second kappa shape index (κ2) is 6.86. The Bertz CT molecular complexity index is 599. The first-order chi connectivity index (χ1) is 9.74. The van der Waals surface area contributed by atoms with Crippen LogP contribution in [0.5, 0.6) is 0 Å². The van der Waals surface area contributed by atoms with Crippen molar-refractivity contribution in [1.82, 2.24) is 10.3 Å². The quantitative estimate of drug-likeness (QED) is 0.789. The van der Waals surface area contributed by atoms with Crippen LogP contribution in [0.15, 0.2) is 30.5 Å². The van der Waals surface area contributed by atoms with Crippen LogP contribution in [-0.4, -0.2) is 30.6 Å². The number of anilines is 1. The predicted molar refractivity (Wildman–Crippen MR) is 79.6 cm³/mol. The second-order valence-corrected chi connectivity index (χ2v) is 4.41. The largest absolute Gasteiger partial charge is 0.383 e. The number of carbonyl (C=O) groups excluding carboxylic acids is 1. The van der Waals surface area contributed by atoms with Gasteiger partial charge in [0.25, 0.3) is 5.91 Å². The van der Waals surface area contributed by atoms with Crippen LogP contribution < -0.4 is 11.1 Å². The van der Waals surface area contributed by atoms with Gasteiger partial charge in [-0.05, 0) is 18.7 Å². The summed E-state index contributed by atoms with van der Waals surface area (Å²) in [6.07, 6.45) is 2.31. The summed E-state index contributed by atoms with van der Waals surface area (Å²) in [4.78, 5) is 16.2. The number of benzene rings is 1. The van der Waals surface area contributed by atoms with Gasteiger partial charge in [-0.3, -0.25) is 4.79 Å². The van der Waals surface area contributed by atoms with Gasteiger partial charge in [-0.1, -0.05) is 24.3 Å². The molecule has 0 atom stereocenters. The summed E-state index contributed by atoms with van der Waals surface area (Å²) in [7, 11) is 0. The Morgan fingerprint density at radius 3 is 2.85 bits per heavy atom. The monoisotopic (exact) mass is 273 g/mol. The van der Waals surface area contributed by atoms with Gasteiger partial charge in [0.05, 0.1) is 5.56 Å². The predicted octanol–water partition coefficient (Wildman–Crippen LogP) is 1.97. The number of fused-ring (bicyclic) bond motifs is 1. The topological polar surface area (TPSA) is 77.2 Å². The van der Waals surface area contributed by atoms with Crippen molar-refractivity contribution in [2.75, 3.05) is 25.5 Å². The first-order valence-electron chi connectivity index (χ1n) is 6.73. The number of ether oxygens (including phenoxy) is 1. The van der Waals surface area contributed by atoms with Crippen molar-refractivity contribution in [2.45, 2.75) is 13.3 Å². The summed E-state index contributed by atoms with van der Waals surface area (Å²) in [6, 6.07) is 7.50. The number of aromatic nitrogens is 1. The van der Waals surface area contributed by atoms with E-state index in [-0.39, 0.29) is 5.91 Å². The number of nitrogens with two attached hydrogens (primary N) is 1. The molecule has 0 unspecified atom stereocenters. The third-order valence-corrected chi connectivity index (χ3v) is 3.03. The van der Waals surface area contributed by atoms with Crippen molar-refractivity contribution in [3.8, 4) is 0 Å². The van der Waals surface area contributed by atoms with E-state index in [1.165, 1.54) is 6.20 Å². The Kier molecular flexibility index (Phi) is 4.90. The van der Waals surface area contributed by atoms with Gasteiger partial charge in [-0.25, -0.2) is 4.98 Å². The number of nitrogens with zero attached hydrogens (tertiary/aromatic N) is 1. The van der Waals surface area contributed by atoms with Crippen LogP contribution in [0.3, 0.4) is 0 Å². The number of nitrogens with one attached hydrogen (secondary N) is 1. The maximum atomic E-state index is 12.2. The molecule has 1 amide bonds. The molecule has 0 saturated heterocycles. The number of rotatable bonds is 6. The van der Waals surface area contributed by atoms with Gasteiger partial charge in [0.1, 0.15) is 5.82 Å². The van der Waals surface area contributed by atoms with Crippen molar-refractivity contribution in [3.63, 3.8) is 0 Å². The molecule has 0 aliphatic heterocycles. The molecule has 20 heavy (non-hydrogen) atoms. The van der Waals surface area contributed by atoms with E-state index in [1.807, 2.05) is 31.2 Å². The molecule has 2 rings (SSSR count). The van der Waals surface area contributed by atoms with E-state index in [0.29, 0.717) is 31.1 Å². The second-order valence-electron chi connectivity index (χ2n) is 4.41. The number of carbonyl (C=O) groups is 1. The fourth-order valence-electron chi connectivity index (χ4n) is 2.01. The van der Waals surface area contributed by atoms with Gasteiger partial charge in [0.15, 0.2) is 0 Å². The van der Waals surface area contributed by atoms with Crippen LogP contribution in [0.25, 0.3) is 10.8 Å². The van der Waals surface area contributed by atoms with Gasteiger partial charge < -0.3 is 15.8 Å². The lowest BCUT2D eigenvalue weighted by Crippen LogP contribution is -2.25. The lowest BCUT2D eigenvalue weighted by atomic mass is 10.1. The molecule has 0 aliphatic rings. The zero-order valence-corrected chi connectivity index (χ0v) is 11.6. The number of hydrogen-bond acceptors (Lipinski definition) is 4. The van der Waals surface area contributed by atoms with Crippen molar-refractivity contribution in [3.05, 3.63) is 36.0 Å². The average Bonchev–Trinajstić information content (AvgIpc) is 2.47. The van der Waals surface area contributed by atoms with Crippen molar-refractivity contribution in [2.24, 2.45) is 0 Å². The van der Waals surface area contributed by atoms with Gasteiger partial charge in [0.2, 0.25) is 0 Å². The van der Waals surface area contributed by atoms with Crippen LogP contribution >= 0.6 is 0 Å². The smallest absolute Gasteiger partial charge is 0.253 e. The van der Waals surface area contributed by atoms with Crippen LogP contribution in [0, 0.1) is 0 Å². The molecule has 0 radical (unpaired) electrons. The molecular formula is C15H19N3O2. The summed E-state index contributed by atoms with van der Waals surface area (Å²) >= 11 is 0. The average molecular weight is 273 g/mol. The van der Waals surface area contributed by atoms with Gasteiger partial charge in [-0.2, -0.15) is 0 Å². The summed E-state index contributed by atoms with van der Waals surface area (Å²) in [5.74, 6) is 0.304. The van der Waals surface area contributed by atoms with Gasteiger partial charge in [-0.15, -0.1) is 0 Å². The maximum Gasteiger partial charge on any atom is 0.253 e. The summed E-state index contributed by atoms with van der Waals surface area (Å²) in [5.41, 5.74) is 6.37. The Morgan fingerprint density at radius 2 is 2.10 bits per heavy atom. The Labute approximate surface area is 118 Å². The highest BCUT2D eigenvalue weighted by Crippen LogP contribution is 2.22. The Morgan fingerprint density at radius 1 is 1.35 bits per heavy atom. The van der Waals surface area contributed by atoms with Crippen molar-refractivity contribution in [1.29, 1.82) is 0 Å². The van der Waals surface area contributed by atoms with E-state index in [2.05, 4.69) is 10.3 Å². The van der Waals surface area contributed by atoms with Gasteiger partial charge >= 0.3 is 0 Å². The summed E-state index contributed by atoms with van der Waals surface area (Å²) < 4.78 is 5.23. The fraction of sp³-hybridized carbons (Fsp3) is 0.333. The van der Waals surface area contributed by atoms with Gasteiger partial charge in [0, 0.05) is 31.3 Å². The van der Waals surface area contributed by atoms with Crippen molar-refractivity contribution < 1.29 is 9.53 Å². The molecule has 5 heteroatoms. The zero-order valence-electron chi connectivity index (χ0n) is 11.6. The first kappa shape index (κ1) is 14.3. The highest BCUT2D eigenvalue weighted by molar-refractivity contribution is 6.08. The lowest BCUT2D eigenvalue weighted by Gasteiger charge is -2.09. The third-order valence-electron chi connectivity index (χ3n) is 3.03. The zero-order chi connectivity index (χ0) is 14.4. The van der Waals surface area contributed by atoms with Crippen LogP contribution in [0.4, 0.5) is 5.82 Å². The third kappa shape index (κ3) is 3.24. The Balaban J connectivity index is 2.09. The molecule has 5 nitrogen and oxygen atoms in total. The molecule has 0 bridgehead atoms. The molecule has 0 saturated carbocycles. The van der Waals surface area contributed by atoms with Crippen LogP contribution in [0.1, 0.15) is 23.7 Å². The van der Waals surface area contributed by atoms with E-state index < -0.39 is 0 Å². The molecule has 0 spiro atoms. The molecule has 2 aromatic rings. The van der Waals surface area contributed by atoms with Crippen LogP contribution in [-0.2, 0) is 4.74 Å². The van der Waals surface area contributed by atoms with Crippen molar-refractivity contribution >= 4 is 22.5 Å². The minimum atomic E-state index is -0.134. The number of hydrogen-bond donors (Lipinski definition) is 2.